The van der Waals surface area contributed by atoms with Crippen molar-refractivity contribution < 1.29 is 0 Å². The fraction of sp³-hybridized carbons (Fsp3) is 0.222. The van der Waals surface area contributed by atoms with E-state index in [0.717, 1.165) is 16.9 Å². The van der Waals surface area contributed by atoms with Crippen molar-refractivity contribution in [2.75, 3.05) is 5.32 Å². The molecule has 0 aliphatic rings. The van der Waals surface area contributed by atoms with Crippen LogP contribution in [-0.4, -0.2) is 29.5 Å². The maximum Gasteiger partial charge on any atom is 0.263 e. The van der Waals surface area contributed by atoms with E-state index in [2.05, 4.69) is 25.5 Å². The summed E-state index contributed by atoms with van der Waals surface area (Å²) in [6.07, 6.45) is 3.49. The molecule has 1 aromatic carbocycles. The van der Waals surface area contributed by atoms with E-state index in [9.17, 15) is 4.79 Å². The molecule has 2 N–H and O–H groups in total. The normalized spacial score (nSPS) is 12.4. The van der Waals surface area contributed by atoms with E-state index in [1.54, 1.807) is 9.36 Å². The molecular weight excluding hydrogens is 330 g/mol. The topological polar surface area (TPSA) is 93.4 Å². The van der Waals surface area contributed by atoms with E-state index in [0.29, 0.717) is 17.0 Å². The van der Waals surface area contributed by atoms with Crippen LogP contribution in [0.3, 0.4) is 0 Å². The van der Waals surface area contributed by atoms with Gasteiger partial charge in [0.1, 0.15) is 5.39 Å². The highest BCUT2D eigenvalue weighted by Crippen LogP contribution is 2.20. The molecule has 132 valence electrons. The van der Waals surface area contributed by atoms with Crippen LogP contribution in [0.2, 0.25) is 0 Å². The largest absolute Gasteiger partial charge is 0.349 e. The Bertz CT molecular complexity index is 1120. The minimum Gasteiger partial charge on any atom is -0.349 e. The van der Waals surface area contributed by atoms with Crippen molar-refractivity contribution in [1.82, 2.24) is 29.5 Å². The summed E-state index contributed by atoms with van der Waals surface area (Å²) in [5.74, 6) is 0.399. The molecule has 4 aromatic rings. The van der Waals surface area contributed by atoms with Gasteiger partial charge in [-0.05, 0) is 26.0 Å². The van der Waals surface area contributed by atoms with Gasteiger partial charge in [0.25, 0.3) is 5.56 Å². The van der Waals surface area contributed by atoms with Crippen LogP contribution in [0.5, 0.6) is 0 Å². The fourth-order valence-electron chi connectivity index (χ4n) is 3.07. The van der Waals surface area contributed by atoms with Gasteiger partial charge in [-0.3, -0.25) is 14.5 Å². The first-order valence-electron chi connectivity index (χ1n) is 8.33. The summed E-state index contributed by atoms with van der Waals surface area (Å²) >= 11 is 0. The minimum absolute atomic E-state index is 0.0580. The minimum atomic E-state index is -0.227. The molecule has 8 heteroatoms. The van der Waals surface area contributed by atoms with Crippen LogP contribution in [0.25, 0.3) is 16.7 Å². The summed E-state index contributed by atoms with van der Waals surface area (Å²) < 4.78 is 3.43. The molecule has 0 spiro atoms. The second-order valence-corrected chi connectivity index (χ2v) is 6.25. The molecule has 0 aliphatic carbocycles. The van der Waals surface area contributed by atoms with Gasteiger partial charge in [-0.1, -0.05) is 18.2 Å². The van der Waals surface area contributed by atoms with Gasteiger partial charge in [-0.2, -0.15) is 15.2 Å². The Morgan fingerprint density at radius 3 is 2.69 bits per heavy atom. The zero-order chi connectivity index (χ0) is 18.3. The SMILES string of the molecule is Cc1nn(C)cc1C(C)Nc1nc2c(cnn2-c2ccccc2)c(=O)[nH]1. The van der Waals surface area contributed by atoms with Gasteiger partial charge in [0.05, 0.1) is 23.6 Å². The Morgan fingerprint density at radius 2 is 2.00 bits per heavy atom. The molecule has 26 heavy (non-hydrogen) atoms. The Morgan fingerprint density at radius 1 is 1.23 bits per heavy atom. The number of aryl methyl sites for hydroxylation is 2. The molecule has 8 nitrogen and oxygen atoms in total. The lowest BCUT2D eigenvalue weighted by atomic mass is 10.1. The maximum absolute atomic E-state index is 12.4. The first-order chi connectivity index (χ1) is 12.5. The number of hydrogen-bond donors (Lipinski definition) is 2. The Hall–Kier alpha value is -3.42. The van der Waals surface area contributed by atoms with Crippen molar-refractivity contribution >= 4 is 17.0 Å². The van der Waals surface area contributed by atoms with Crippen LogP contribution in [-0.2, 0) is 7.05 Å². The molecule has 0 saturated heterocycles. The van der Waals surface area contributed by atoms with Crippen LogP contribution in [0.15, 0.2) is 47.5 Å². The lowest BCUT2D eigenvalue weighted by molar-refractivity contribution is 0.756. The molecule has 1 unspecified atom stereocenters. The van der Waals surface area contributed by atoms with Gasteiger partial charge in [0, 0.05) is 18.8 Å². The standard InChI is InChI=1S/C18H19N7O/c1-11(15-10-24(3)23-12(15)2)20-18-21-16-14(17(26)22-18)9-19-25(16)13-7-5-4-6-8-13/h4-11H,1-3H3,(H2,20,21,22,26). The molecule has 0 radical (unpaired) electrons. The highest BCUT2D eigenvalue weighted by atomic mass is 16.1. The third-order valence-corrected chi connectivity index (χ3v) is 4.31. The van der Waals surface area contributed by atoms with Gasteiger partial charge >= 0.3 is 0 Å². The highest BCUT2D eigenvalue weighted by Gasteiger charge is 2.15. The molecule has 0 bridgehead atoms. The van der Waals surface area contributed by atoms with Crippen molar-refractivity contribution in [3.05, 3.63) is 64.3 Å². The average Bonchev–Trinajstić information content (AvgIpc) is 3.19. The zero-order valence-electron chi connectivity index (χ0n) is 14.8. The Labute approximate surface area is 149 Å². The lowest BCUT2D eigenvalue weighted by Gasteiger charge is -2.13. The van der Waals surface area contributed by atoms with Crippen LogP contribution in [0.4, 0.5) is 5.95 Å². The number of aromatic nitrogens is 6. The maximum atomic E-state index is 12.4. The number of aromatic amines is 1. The smallest absolute Gasteiger partial charge is 0.263 e. The number of anilines is 1. The third-order valence-electron chi connectivity index (χ3n) is 4.31. The van der Waals surface area contributed by atoms with Gasteiger partial charge in [-0.25, -0.2) is 4.68 Å². The summed E-state index contributed by atoms with van der Waals surface area (Å²) in [5, 5.41) is 12.4. The summed E-state index contributed by atoms with van der Waals surface area (Å²) in [4.78, 5) is 19.8. The molecule has 4 rings (SSSR count). The van der Waals surface area contributed by atoms with Gasteiger partial charge < -0.3 is 5.32 Å². The first kappa shape index (κ1) is 16.1. The second kappa shape index (κ2) is 6.14. The molecular formula is C18H19N7O. The van der Waals surface area contributed by atoms with E-state index in [-0.39, 0.29) is 11.6 Å². The number of H-pyrrole nitrogens is 1. The van der Waals surface area contributed by atoms with Crippen LogP contribution >= 0.6 is 0 Å². The van der Waals surface area contributed by atoms with Crippen molar-refractivity contribution in [2.24, 2.45) is 7.05 Å². The molecule has 3 heterocycles. The summed E-state index contributed by atoms with van der Waals surface area (Å²) in [6, 6.07) is 9.55. The monoisotopic (exact) mass is 349 g/mol. The Kier molecular flexibility index (Phi) is 3.80. The third kappa shape index (κ3) is 2.75. The van der Waals surface area contributed by atoms with Crippen LogP contribution in [0.1, 0.15) is 24.2 Å². The number of para-hydroxylation sites is 1. The lowest BCUT2D eigenvalue weighted by Crippen LogP contribution is -2.16. The van der Waals surface area contributed by atoms with Crippen LogP contribution in [0, 0.1) is 6.92 Å². The Balaban J connectivity index is 1.75. The molecule has 0 fully saturated rings. The molecule has 1 atom stereocenters. The van der Waals surface area contributed by atoms with Gasteiger partial charge in [-0.15, -0.1) is 0 Å². The van der Waals surface area contributed by atoms with Gasteiger partial charge in [0.15, 0.2) is 5.65 Å². The van der Waals surface area contributed by atoms with Gasteiger partial charge in [0.2, 0.25) is 5.95 Å². The van der Waals surface area contributed by atoms with Crippen molar-refractivity contribution in [2.45, 2.75) is 19.9 Å². The van der Waals surface area contributed by atoms with Crippen molar-refractivity contribution in [3.8, 4) is 5.69 Å². The predicted molar refractivity (Wildman–Crippen MR) is 99.5 cm³/mol. The summed E-state index contributed by atoms with van der Waals surface area (Å²) in [6.45, 7) is 3.96. The average molecular weight is 349 g/mol. The first-order valence-corrected chi connectivity index (χ1v) is 8.33. The number of nitrogens with zero attached hydrogens (tertiary/aromatic N) is 5. The van der Waals surface area contributed by atoms with Crippen LogP contribution < -0.4 is 10.9 Å². The van der Waals surface area contributed by atoms with Crippen molar-refractivity contribution in [1.29, 1.82) is 0 Å². The quantitative estimate of drug-likeness (QED) is 0.590. The molecule has 0 amide bonds. The van der Waals surface area contributed by atoms with E-state index in [4.69, 9.17) is 0 Å². The summed E-state index contributed by atoms with van der Waals surface area (Å²) in [7, 11) is 1.88. The summed E-state index contributed by atoms with van der Waals surface area (Å²) in [5.41, 5.74) is 3.12. The second-order valence-electron chi connectivity index (χ2n) is 6.25. The number of fused-ring (bicyclic) bond motifs is 1. The number of rotatable bonds is 4. The fourth-order valence-corrected chi connectivity index (χ4v) is 3.07. The van der Waals surface area contributed by atoms with E-state index >= 15 is 0 Å². The number of hydrogen-bond acceptors (Lipinski definition) is 5. The highest BCUT2D eigenvalue weighted by molar-refractivity contribution is 5.76. The molecule has 0 aliphatic heterocycles. The number of nitrogens with one attached hydrogen (secondary N) is 2. The van der Waals surface area contributed by atoms with E-state index in [1.807, 2.05) is 57.4 Å². The van der Waals surface area contributed by atoms with Crippen molar-refractivity contribution in [3.63, 3.8) is 0 Å². The number of benzene rings is 1. The zero-order valence-corrected chi connectivity index (χ0v) is 14.8. The van der Waals surface area contributed by atoms with E-state index in [1.165, 1.54) is 6.20 Å². The molecule has 0 saturated carbocycles. The molecule has 3 aromatic heterocycles. The predicted octanol–water partition coefficient (Wildman–Crippen LogP) is 2.32. The van der Waals surface area contributed by atoms with E-state index < -0.39 is 0 Å².